The molecule has 3 aromatic rings. The summed E-state index contributed by atoms with van der Waals surface area (Å²) in [5.41, 5.74) is 8.93. The van der Waals surface area contributed by atoms with E-state index >= 15 is 0 Å². The first-order valence-electron chi connectivity index (χ1n) is 10.7. The molecular formula is C25H26N6O2. The van der Waals surface area contributed by atoms with Gasteiger partial charge in [0.2, 0.25) is 11.8 Å². The Morgan fingerprint density at radius 3 is 2.55 bits per heavy atom. The highest BCUT2D eigenvalue weighted by Gasteiger charge is 2.37. The van der Waals surface area contributed by atoms with E-state index in [0.29, 0.717) is 23.7 Å². The average Bonchev–Trinajstić information content (AvgIpc) is 3.22. The molecule has 2 unspecified atom stereocenters. The Hall–Kier alpha value is -4.04. The third kappa shape index (κ3) is 5.61. The number of para-hydroxylation sites is 2. The number of carbonyl (C=O) groups is 2. The van der Waals surface area contributed by atoms with Crippen molar-refractivity contribution in [1.29, 1.82) is 0 Å². The number of hydrogen-bond acceptors (Lipinski definition) is 6. The largest absolute Gasteiger partial charge is 0.397 e. The molecule has 0 radical (unpaired) electrons. The van der Waals surface area contributed by atoms with Gasteiger partial charge < -0.3 is 21.3 Å². The van der Waals surface area contributed by atoms with E-state index in [2.05, 4.69) is 25.7 Å². The zero-order valence-electron chi connectivity index (χ0n) is 18.3. The Morgan fingerprint density at radius 1 is 1.03 bits per heavy atom. The predicted octanol–water partition coefficient (Wildman–Crippen LogP) is 2.99. The minimum Gasteiger partial charge on any atom is -0.397 e. The number of benzene rings is 2. The van der Waals surface area contributed by atoms with Gasteiger partial charge in [-0.2, -0.15) is 5.10 Å². The second kappa shape index (κ2) is 10.1. The van der Waals surface area contributed by atoms with Gasteiger partial charge in [0.1, 0.15) is 0 Å². The van der Waals surface area contributed by atoms with Crippen molar-refractivity contribution in [1.82, 2.24) is 15.1 Å². The highest BCUT2D eigenvalue weighted by atomic mass is 16.2. The number of likely N-dealkylation sites (tertiary alicyclic amines) is 1. The topological polar surface area (TPSA) is 113 Å². The quantitative estimate of drug-likeness (QED) is 0.400. The van der Waals surface area contributed by atoms with Crippen LogP contribution >= 0.6 is 0 Å². The van der Waals surface area contributed by atoms with Crippen molar-refractivity contribution in [3.05, 3.63) is 84.1 Å². The van der Waals surface area contributed by atoms with Gasteiger partial charge in [0, 0.05) is 31.3 Å². The number of hydrogen-bond donors (Lipinski definition) is 3. The van der Waals surface area contributed by atoms with E-state index in [4.69, 9.17) is 5.73 Å². The minimum absolute atomic E-state index is 0.0639. The van der Waals surface area contributed by atoms with Crippen LogP contribution in [0.1, 0.15) is 17.0 Å². The van der Waals surface area contributed by atoms with Gasteiger partial charge in [0.25, 0.3) is 0 Å². The van der Waals surface area contributed by atoms with Crippen molar-refractivity contribution in [3.8, 4) is 0 Å². The first-order chi connectivity index (χ1) is 16.0. The fourth-order valence-corrected chi connectivity index (χ4v) is 4.00. The van der Waals surface area contributed by atoms with Crippen molar-refractivity contribution in [3.63, 3.8) is 0 Å². The molecule has 8 heteroatoms. The number of nitrogens with one attached hydrogen (secondary N) is 2. The Bertz CT molecular complexity index is 1150. The zero-order chi connectivity index (χ0) is 23.2. The molecule has 2 amide bonds. The van der Waals surface area contributed by atoms with Gasteiger partial charge in [-0.15, -0.1) is 5.10 Å². The van der Waals surface area contributed by atoms with Gasteiger partial charge in [-0.1, -0.05) is 36.4 Å². The van der Waals surface area contributed by atoms with Gasteiger partial charge in [-0.3, -0.25) is 9.59 Å². The first kappa shape index (κ1) is 22.2. The van der Waals surface area contributed by atoms with Crippen molar-refractivity contribution in [2.24, 2.45) is 5.92 Å². The summed E-state index contributed by atoms with van der Waals surface area (Å²) in [6.07, 6.45) is 4.79. The molecule has 0 saturated carbocycles. The molecule has 0 spiro atoms. The van der Waals surface area contributed by atoms with Gasteiger partial charge in [-0.05, 0) is 48.5 Å². The molecule has 1 saturated heterocycles. The smallest absolute Gasteiger partial charge is 0.248 e. The molecule has 1 aromatic heterocycles. The Kier molecular flexibility index (Phi) is 6.75. The Balaban J connectivity index is 1.41. The summed E-state index contributed by atoms with van der Waals surface area (Å²) in [4.78, 5) is 27.2. The fraction of sp³-hybridized carbons (Fsp3) is 0.200. The zero-order valence-corrected chi connectivity index (χ0v) is 18.3. The molecule has 1 aliphatic rings. The van der Waals surface area contributed by atoms with E-state index in [1.807, 2.05) is 43.4 Å². The molecule has 33 heavy (non-hydrogen) atoms. The predicted molar refractivity (Wildman–Crippen MR) is 129 cm³/mol. The molecule has 2 aromatic carbocycles. The summed E-state index contributed by atoms with van der Waals surface area (Å²) < 4.78 is 0. The van der Waals surface area contributed by atoms with E-state index < -0.39 is 0 Å². The molecule has 1 aliphatic heterocycles. The van der Waals surface area contributed by atoms with E-state index in [9.17, 15) is 9.59 Å². The standard InChI is InChI=1S/C25H26N6O2/c1-31-15-19(20(16-31)25(33)29-23-7-4-14-27-30-23)18-11-8-17(9-12-18)10-13-24(32)28-22-6-3-2-5-21(22)26/h2-14,19-20H,15-16,26H2,1H3,(H,28,32)(H,29,30,33). The summed E-state index contributed by atoms with van der Waals surface area (Å²) in [6.45, 7) is 1.45. The lowest BCUT2D eigenvalue weighted by Gasteiger charge is -2.18. The van der Waals surface area contributed by atoms with E-state index in [1.54, 1.807) is 36.5 Å². The fourth-order valence-electron chi connectivity index (χ4n) is 4.00. The molecule has 2 heterocycles. The van der Waals surface area contributed by atoms with Crippen LogP contribution in [0.5, 0.6) is 0 Å². The van der Waals surface area contributed by atoms with E-state index in [0.717, 1.165) is 17.7 Å². The SMILES string of the molecule is CN1CC(C(=O)Nc2cccnn2)C(c2ccc(C=CC(=O)Nc3ccccc3N)cc2)C1. The maximum atomic E-state index is 12.9. The van der Waals surface area contributed by atoms with Crippen LogP contribution in [0.3, 0.4) is 0 Å². The summed E-state index contributed by atoms with van der Waals surface area (Å²) in [6, 6.07) is 18.5. The highest BCUT2D eigenvalue weighted by molar-refractivity contribution is 6.03. The average molecular weight is 443 g/mol. The maximum Gasteiger partial charge on any atom is 0.248 e. The van der Waals surface area contributed by atoms with Crippen LogP contribution < -0.4 is 16.4 Å². The number of likely N-dealkylation sites (N-methyl/N-ethyl adjacent to an activating group) is 1. The second-order valence-electron chi connectivity index (χ2n) is 8.11. The van der Waals surface area contributed by atoms with Gasteiger partial charge >= 0.3 is 0 Å². The summed E-state index contributed by atoms with van der Waals surface area (Å²) >= 11 is 0. The molecule has 4 N–H and O–H groups in total. The number of nitrogen functional groups attached to an aromatic ring is 1. The number of rotatable bonds is 6. The number of nitrogens with zero attached hydrogens (tertiary/aromatic N) is 3. The normalized spacial score (nSPS) is 18.3. The maximum absolute atomic E-state index is 12.9. The number of carbonyl (C=O) groups excluding carboxylic acids is 2. The second-order valence-corrected chi connectivity index (χ2v) is 8.11. The third-order valence-electron chi connectivity index (χ3n) is 5.67. The van der Waals surface area contributed by atoms with Gasteiger partial charge in [-0.25, -0.2) is 0 Å². The Morgan fingerprint density at radius 2 is 1.82 bits per heavy atom. The lowest BCUT2D eigenvalue weighted by atomic mass is 9.88. The molecule has 2 atom stereocenters. The number of anilines is 3. The molecule has 8 nitrogen and oxygen atoms in total. The van der Waals surface area contributed by atoms with Crippen LogP contribution in [0.2, 0.25) is 0 Å². The van der Waals surface area contributed by atoms with E-state index in [1.165, 1.54) is 6.08 Å². The lowest BCUT2D eigenvalue weighted by Crippen LogP contribution is -2.28. The molecule has 0 bridgehead atoms. The van der Waals surface area contributed by atoms with Crippen LogP contribution in [0.4, 0.5) is 17.2 Å². The van der Waals surface area contributed by atoms with Crippen molar-refractivity contribution in [2.75, 3.05) is 36.5 Å². The Labute approximate surface area is 192 Å². The molecule has 168 valence electrons. The van der Waals surface area contributed by atoms with Crippen molar-refractivity contribution >= 4 is 35.1 Å². The molecule has 0 aliphatic carbocycles. The first-order valence-corrected chi connectivity index (χ1v) is 10.7. The summed E-state index contributed by atoms with van der Waals surface area (Å²) in [5, 5.41) is 13.4. The van der Waals surface area contributed by atoms with Crippen LogP contribution in [-0.2, 0) is 9.59 Å². The lowest BCUT2D eigenvalue weighted by molar-refractivity contribution is -0.120. The number of amides is 2. The summed E-state index contributed by atoms with van der Waals surface area (Å²) in [5.74, 6) is 0.00204. The van der Waals surface area contributed by atoms with Gasteiger partial charge in [0.05, 0.1) is 17.3 Å². The molecule has 4 rings (SSSR count). The van der Waals surface area contributed by atoms with Crippen molar-refractivity contribution in [2.45, 2.75) is 5.92 Å². The van der Waals surface area contributed by atoms with Crippen LogP contribution in [0, 0.1) is 5.92 Å². The monoisotopic (exact) mass is 442 g/mol. The highest BCUT2D eigenvalue weighted by Crippen LogP contribution is 2.33. The van der Waals surface area contributed by atoms with Crippen LogP contribution in [0.15, 0.2) is 72.9 Å². The van der Waals surface area contributed by atoms with Crippen LogP contribution in [-0.4, -0.2) is 47.0 Å². The molecular weight excluding hydrogens is 416 g/mol. The molecule has 1 fully saturated rings. The number of aromatic nitrogens is 2. The number of nitrogens with two attached hydrogens (primary N) is 1. The van der Waals surface area contributed by atoms with Gasteiger partial charge in [0.15, 0.2) is 5.82 Å². The van der Waals surface area contributed by atoms with Crippen LogP contribution in [0.25, 0.3) is 6.08 Å². The summed E-state index contributed by atoms with van der Waals surface area (Å²) in [7, 11) is 2.01. The minimum atomic E-state index is -0.254. The van der Waals surface area contributed by atoms with Crippen molar-refractivity contribution < 1.29 is 9.59 Å². The third-order valence-corrected chi connectivity index (χ3v) is 5.67. The van der Waals surface area contributed by atoms with E-state index in [-0.39, 0.29) is 23.7 Å².